The van der Waals surface area contributed by atoms with Crippen LogP contribution in [0.1, 0.15) is 58.6 Å². The van der Waals surface area contributed by atoms with Gasteiger partial charge >= 0.3 is 11.5 Å². The van der Waals surface area contributed by atoms with E-state index in [0.29, 0.717) is 5.56 Å². The fourth-order valence-electron chi connectivity index (χ4n) is 3.47. The molecule has 36 heavy (non-hydrogen) atoms. The van der Waals surface area contributed by atoms with Gasteiger partial charge < -0.3 is 4.55 Å². The zero-order valence-electron chi connectivity index (χ0n) is 21.5. The summed E-state index contributed by atoms with van der Waals surface area (Å²) in [7, 11) is -4.34. The summed E-state index contributed by atoms with van der Waals surface area (Å²) in [5.74, 6) is 1.94. The molecule has 5 nitrogen and oxygen atoms in total. The van der Waals surface area contributed by atoms with E-state index >= 15 is 0 Å². The highest BCUT2D eigenvalue weighted by Crippen LogP contribution is 2.34. The van der Waals surface area contributed by atoms with Crippen LogP contribution in [0.25, 0.3) is 21.9 Å². The average molecular weight is 502 g/mol. The number of nitriles is 1. The van der Waals surface area contributed by atoms with E-state index in [1.54, 1.807) is 18.2 Å². The van der Waals surface area contributed by atoms with Gasteiger partial charge in [-0.25, -0.2) is 12.8 Å². The predicted octanol–water partition coefficient (Wildman–Crippen LogP) is 7.44. The molecule has 0 unspecified atom stereocenters. The fraction of sp³-hybridized carbons (Fsp3) is 0.267. The van der Waals surface area contributed by atoms with Crippen LogP contribution in [0.3, 0.4) is 0 Å². The highest BCUT2D eigenvalue weighted by atomic mass is 32.2. The first-order valence-corrected chi connectivity index (χ1v) is 13.0. The molecule has 6 heteroatoms. The number of rotatable bonds is 2. The quantitative estimate of drug-likeness (QED) is 0.210. The average Bonchev–Trinajstić information content (AvgIpc) is 2.82. The van der Waals surface area contributed by atoms with Crippen LogP contribution in [0.15, 0.2) is 88.2 Å². The van der Waals surface area contributed by atoms with Crippen molar-refractivity contribution in [2.75, 3.05) is 0 Å². The first-order valence-electron chi connectivity index (χ1n) is 11.6. The van der Waals surface area contributed by atoms with Crippen molar-refractivity contribution in [1.82, 2.24) is 0 Å². The summed E-state index contributed by atoms with van der Waals surface area (Å²) < 4.78 is 38.3. The van der Waals surface area contributed by atoms with Crippen LogP contribution in [0.4, 0.5) is 0 Å². The van der Waals surface area contributed by atoms with Crippen molar-refractivity contribution in [2.45, 2.75) is 57.3 Å². The van der Waals surface area contributed by atoms with Gasteiger partial charge in [0.1, 0.15) is 10.1 Å². The molecule has 0 saturated heterocycles. The lowest BCUT2D eigenvalue weighted by Gasteiger charge is -2.15. The molecule has 0 bridgehead atoms. The van der Waals surface area contributed by atoms with Crippen molar-refractivity contribution in [2.24, 2.45) is 0 Å². The van der Waals surface area contributed by atoms with Gasteiger partial charge in [0.2, 0.25) is 0 Å². The molecule has 0 aliphatic carbocycles. The number of hydrogen-bond donors (Lipinski definition) is 0. The van der Waals surface area contributed by atoms with E-state index in [-0.39, 0.29) is 15.7 Å². The van der Waals surface area contributed by atoms with Crippen molar-refractivity contribution in [3.05, 3.63) is 95.9 Å². The summed E-state index contributed by atoms with van der Waals surface area (Å²) in [5.41, 5.74) is 2.80. The van der Waals surface area contributed by atoms with Gasteiger partial charge in [-0.1, -0.05) is 42.5 Å². The Bertz CT molecular complexity index is 1490. The normalized spacial score (nSPS) is 11.9. The van der Waals surface area contributed by atoms with Crippen LogP contribution in [0.5, 0.6) is 0 Å². The Morgan fingerprint density at radius 2 is 1.25 bits per heavy atom. The zero-order chi connectivity index (χ0) is 26.7. The molecule has 0 amide bonds. The fourth-order valence-corrected chi connectivity index (χ4v) is 3.97. The van der Waals surface area contributed by atoms with Crippen LogP contribution >= 0.6 is 0 Å². The molecule has 1 heterocycles. The zero-order valence-corrected chi connectivity index (χ0v) is 22.3. The van der Waals surface area contributed by atoms with Gasteiger partial charge in [0.25, 0.3) is 0 Å². The second-order valence-electron chi connectivity index (χ2n) is 10.7. The molecular weight excluding hydrogens is 470 g/mol. The van der Waals surface area contributed by atoms with Crippen molar-refractivity contribution >= 4 is 20.9 Å². The van der Waals surface area contributed by atoms with Crippen LogP contribution in [0.2, 0.25) is 0 Å². The van der Waals surface area contributed by atoms with E-state index in [2.05, 4.69) is 59.7 Å². The van der Waals surface area contributed by atoms with Gasteiger partial charge in [0.15, 0.2) is 0 Å². The van der Waals surface area contributed by atoms with Gasteiger partial charge in [-0.3, -0.25) is 0 Å². The number of benzene rings is 3. The van der Waals surface area contributed by atoms with Gasteiger partial charge in [0.05, 0.1) is 27.4 Å². The topological polar surface area (TPSA) is 92.3 Å². The Morgan fingerprint density at radius 1 is 0.722 bits per heavy atom. The maximum atomic E-state index is 10.7. The minimum absolute atomic E-state index is 0.0530. The van der Waals surface area contributed by atoms with Crippen molar-refractivity contribution in [3.8, 4) is 17.2 Å². The lowest BCUT2D eigenvalue weighted by atomic mass is 9.87. The van der Waals surface area contributed by atoms with Crippen molar-refractivity contribution < 1.29 is 17.4 Å². The lowest BCUT2D eigenvalue weighted by Crippen LogP contribution is -2.16. The van der Waals surface area contributed by atoms with Gasteiger partial charge in [-0.15, -0.1) is 0 Å². The molecule has 0 aliphatic heterocycles. The Labute approximate surface area is 213 Å². The molecule has 0 saturated carbocycles. The summed E-state index contributed by atoms with van der Waals surface area (Å²) in [6, 6.07) is 25.7. The number of fused-ring (bicyclic) bond motifs is 1. The van der Waals surface area contributed by atoms with E-state index in [4.69, 9.17) is 9.68 Å². The van der Waals surface area contributed by atoms with E-state index < -0.39 is 10.1 Å². The third kappa shape index (κ3) is 6.78. The molecule has 0 fully saturated rings. The highest BCUT2D eigenvalue weighted by molar-refractivity contribution is 7.85. The highest BCUT2D eigenvalue weighted by Gasteiger charge is 2.33. The Morgan fingerprint density at radius 3 is 1.72 bits per heavy atom. The maximum absolute atomic E-state index is 10.7. The molecule has 0 radical (unpaired) electrons. The molecule has 0 aliphatic rings. The molecule has 0 atom stereocenters. The van der Waals surface area contributed by atoms with Crippen LogP contribution in [-0.2, 0) is 20.9 Å². The third-order valence-corrected chi connectivity index (χ3v) is 6.46. The van der Waals surface area contributed by atoms with Crippen molar-refractivity contribution in [3.63, 3.8) is 0 Å². The maximum Gasteiger partial charge on any atom is 0.335 e. The third-order valence-electron chi connectivity index (χ3n) is 5.63. The minimum Gasteiger partial charge on any atom is -0.744 e. The monoisotopic (exact) mass is 501 g/mol. The van der Waals surface area contributed by atoms with E-state index in [1.807, 2.05) is 36.4 Å². The van der Waals surface area contributed by atoms with E-state index in [1.165, 1.54) is 12.1 Å². The van der Waals surface area contributed by atoms with E-state index in [9.17, 15) is 13.0 Å². The molecular formula is C30H31NO4S. The molecule has 3 aromatic carbocycles. The smallest absolute Gasteiger partial charge is 0.335 e. The summed E-state index contributed by atoms with van der Waals surface area (Å²) in [4.78, 5) is -0.184. The number of nitrogens with zero attached hydrogens (tertiary/aromatic N) is 1. The molecule has 1 aromatic heterocycles. The summed E-state index contributed by atoms with van der Waals surface area (Å²) in [5, 5.41) is 10.6. The second-order valence-corrected chi connectivity index (χ2v) is 12.1. The Kier molecular flexibility index (Phi) is 7.68. The first kappa shape index (κ1) is 27.1. The standard InChI is InChI=1S/C20H24NO.C10H8O3S/c1-19(2,3)17-11-16(12-18(22-17)20(4,5)6)15-9-7-14(13-21)8-10-15;11-14(12,13)10-6-5-8-3-1-2-4-9(8)7-10/h7-12H,1-6H3;1-7H,(H,11,12,13)/q+1;/p-1. The first-order chi connectivity index (χ1) is 16.7. The summed E-state index contributed by atoms with van der Waals surface area (Å²) in [6.07, 6.45) is 0. The van der Waals surface area contributed by atoms with Gasteiger partial charge in [-0.2, -0.15) is 5.26 Å². The van der Waals surface area contributed by atoms with Crippen LogP contribution in [0, 0.1) is 11.3 Å². The molecule has 0 N–H and O–H groups in total. The molecule has 4 rings (SSSR count). The molecule has 0 spiro atoms. The van der Waals surface area contributed by atoms with Crippen molar-refractivity contribution in [1.29, 1.82) is 5.26 Å². The Balaban J connectivity index is 0.000000221. The Hall–Kier alpha value is -3.53. The SMILES string of the molecule is CC(C)(C)c1cc(-c2ccc(C#N)cc2)cc(C(C)(C)C)[o+]1.O=S(=O)([O-])c1ccc2ccccc2c1. The second kappa shape index (κ2) is 10.2. The molecule has 4 aromatic rings. The van der Waals surface area contributed by atoms with E-state index in [0.717, 1.165) is 33.4 Å². The largest absolute Gasteiger partial charge is 0.744 e. The number of hydrogen-bond acceptors (Lipinski definition) is 4. The van der Waals surface area contributed by atoms with Gasteiger partial charge in [0, 0.05) is 12.1 Å². The van der Waals surface area contributed by atoms with Crippen LogP contribution < -0.4 is 0 Å². The van der Waals surface area contributed by atoms with Gasteiger partial charge in [-0.05, 0) is 87.7 Å². The minimum atomic E-state index is -4.34. The summed E-state index contributed by atoms with van der Waals surface area (Å²) in [6.45, 7) is 12.9. The summed E-state index contributed by atoms with van der Waals surface area (Å²) >= 11 is 0. The van der Waals surface area contributed by atoms with Crippen LogP contribution in [-0.4, -0.2) is 13.0 Å². The predicted molar refractivity (Wildman–Crippen MR) is 143 cm³/mol. The lowest BCUT2D eigenvalue weighted by molar-refractivity contribution is 0.329. The molecule has 186 valence electrons.